The van der Waals surface area contributed by atoms with Crippen LogP contribution in [0.5, 0.6) is 0 Å². The van der Waals surface area contributed by atoms with E-state index in [0.717, 1.165) is 12.8 Å². The average molecular weight is 425 g/mol. The molecule has 2 atom stereocenters. The summed E-state index contributed by atoms with van der Waals surface area (Å²) in [4.78, 5) is 0. The quantitative estimate of drug-likeness (QED) is 0.307. The van der Waals surface area contributed by atoms with Crippen molar-refractivity contribution in [3.63, 3.8) is 0 Å². The third kappa shape index (κ3) is 3.76. The van der Waals surface area contributed by atoms with E-state index < -0.39 is 0 Å². The topological polar surface area (TPSA) is 0 Å². The summed E-state index contributed by atoms with van der Waals surface area (Å²) in [6.45, 7) is 2.18. The van der Waals surface area contributed by atoms with E-state index in [-0.39, 0.29) is 0 Å². The summed E-state index contributed by atoms with van der Waals surface area (Å²) in [5, 5.41) is 2.67. The summed E-state index contributed by atoms with van der Waals surface area (Å²) in [5.74, 6) is 0.904. The van der Waals surface area contributed by atoms with Gasteiger partial charge in [-0.05, 0) is 70.3 Å². The number of allylic oxidation sites excluding steroid dienone is 6. The van der Waals surface area contributed by atoms with E-state index in [4.69, 9.17) is 0 Å². The van der Waals surface area contributed by atoms with Crippen LogP contribution in [0, 0.1) is 12.8 Å². The van der Waals surface area contributed by atoms with Gasteiger partial charge in [0.1, 0.15) is 0 Å². The predicted octanol–water partition coefficient (Wildman–Crippen LogP) is 8.89. The highest BCUT2D eigenvalue weighted by Crippen LogP contribution is 2.48. The zero-order chi connectivity index (χ0) is 22.2. The van der Waals surface area contributed by atoms with Crippen molar-refractivity contribution in [1.82, 2.24) is 0 Å². The number of benzene rings is 4. The van der Waals surface area contributed by atoms with Gasteiger partial charge in [-0.2, -0.15) is 0 Å². The molecule has 0 aromatic heterocycles. The lowest BCUT2D eigenvalue weighted by Gasteiger charge is -2.23. The van der Waals surface area contributed by atoms with Gasteiger partial charge in [0.2, 0.25) is 0 Å². The van der Waals surface area contributed by atoms with Crippen molar-refractivity contribution in [3.05, 3.63) is 138 Å². The molecule has 0 aliphatic heterocycles. The van der Waals surface area contributed by atoms with Crippen molar-refractivity contribution < 1.29 is 0 Å². The minimum Gasteiger partial charge on any atom is -0.0805 e. The Kier molecular flexibility index (Phi) is 5.07. The van der Waals surface area contributed by atoms with Crippen molar-refractivity contribution in [2.45, 2.75) is 25.7 Å². The van der Waals surface area contributed by atoms with E-state index in [2.05, 4.69) is 122 Å². The SMILES string of the molecule is Cc1ccc2cc(C3C=C(c4ccccc4)CC3C3=CC=CC3)cc(-c3ccccc3)c2c1. The van der Waals surface area contributed by atoms with Crippen LogP contribution in [0.2, 0.25) is 0 Å². The Bertz CT molecular complexity index is 1400. The fourth-order valence-corrected chi connectivity index (χ4v) is 5.60. The zero-order valence-corrected chi connectivity index (χ0v) is 19.0. The molecule has 2 unspecified atom stereocenters. The van der Waals surface area contributed by atoms with Crippen LogP contribution in [0.15, 0.2) is 121 Å². The van der Waals surface area contributed by atoms with E-state index in [9.17, 15) is 0 Å². The van der Waals surface area contributed by atoms with Crippen LogP contribution in [-0.2, 0) is 0 Å². The number of fused-ring (bicyclic) bond motifs is 1. The smallest absolute Gasteiger partial charge is 0.00933 e. The van der Waals surface area contributed by atoms with Gasteiger partial charge in [0.05, 0.1) is 0 Å². The molecule has 0 fully saturated rings. The zero-order valence-electron chi connectivity index (χ0n) is 19.0. The Morgan fingerprint density at radius 2 is 1.52 bits per heavy atom. The molecule has 2 aliphatic rings. The molecule has 0 amide bonds. The number of aryl methyl sites for hydroxylation is 1. The van der Waals surface area contributed by atoms with Gasteiger partial charge >= 0.3 is 0 Å². The summed E-state index contributed by atoms with van der Waals surface area (Å²) in [5.41, 5.74) is 9.75. The Morgan fingerprint density at radius 3 is 2.24 bits per heavy atom. The van der Waals surface area contributed by atoms with Crippen LogP contribution >= 0.6 is 0 Å². The Labute approximate surface area is 196 Å². The third-order valence-corrected chi connectivity index (χ3v) is 7.28. The first-order valence-electron chi connectivity index (χ1n) is 12.0. The maximum absolute atomic E-state index is 2.54. The molecule has 4 aromatic carbocycles. The molecule has 0 heteroatoms. The molecule has 0 nitrogen and oxygen atoms in total. The number of hydrogen-bond acceptors (Lipinski definition) is 0. The molecule has 0 radical (unpaired) electrons. The van der Waals surface area contributed by atoms with Crippen molar-refractivity contribution in [2.75, 3.05) is 0 Å². The predicted molar refractivity (Wildman–Crippen MR) is 141 cm³/mol. The molecule has 33 heavy (non-hydrogen) atoms. The monoisotopic (exact) mass is 424 g/mol. The van der Waals surface area contributed by atoms with E-state index >= 15 is 0 Å². The summed E-state index contributed by atoms with van der Waals surface area (Å²) < 4.78 is 0. The Balaban J connectivity index is 1.53. The highest BCUT2D eigenvalue weighted by Gasteiger charge is 2.32. The molecule has 4 aromatic rings. The largest absolute Gasteiger partial charge is 0.0805 e. The summed E-state index contributed by atoms with van der Waals surface area (Å²) in [6.07, 6.45) is 11.6. The first-order chi connectivity index (χ1) is 16.3. The van der Waals surface area contributed by atoms with Gasteiger partial charge in [0, 0.05) is 5.92 Å². The first kappa shape index (κ1) is 20.0. The van der Waals surface area contributed by atoms with E-state index in [0.29, 0.717) is 11.8 Å². The second kappa shape index (κ2) is 8.37. The fourth-order valence-electron chi connectivity index (χ4n) is 5.60. The standard InChI is InChI=1S/C33H28/c1-23-16-17-27-19-29(22-32(30(27)18-23)25-12-6-3-7-13-25)33-21-28(24-10-4-2-5-11-24)20-31(33)26-14-8-9-15-26/h2-14,16-19,21-22,31,33H,15,20H2,1H3. The lowest BCUT2D eigenvalue weighted by Crippen LogP contribution is -2.09. The second-order valence-corrected chi connectivity index (χ2v) is 9.43. The molecule has 160 valence electrons. The molecule has 0 saturated carbocycles. The average Bonchev–Trinajstić information content (AvgIpc) is 3.55. The molecule has 6 rings (SSSR count). The van der Waals surface area contributed by atoms with Crippen LogP contribution in [-0.4, -0.2) is 0 Å². The highest BCUT2D eigenvalue weighted by atomic mass is 14.4. The third-order valence-electron chi connectivity index (χ3n) is 7.28. The van der Waals surface area contributed by atoms with E-state index in [1.54, 1.807) is 5.57 Å². The summed E-state index contributed by atoms with van der Waals surface area (Å²) in [6, 6.07) is 33.5. The fraction of sp³-hybridized carbons (Fsp3) is 0.152. The van der Waals surface area contributed by atoms with Gasteiger partial charge in [0.25, 0.3) is 0 Å². The minimum absolute atomic E-state index is 0.388. The lowest BCUT2D eigenvalue weighted by atomic mass is 9.81. The minimum atomic E-state index is 0.388. The molecule has 0 bridgehead atoms. The Hall–Kier alpha value is -3.64. The number of hydrogen-bond donors (Lipinski definition) is 0. The van der Waals surface area contributed by atoms with Gasteiger partial charge in [-0.3, -0.25) is 0 Å². The maximum Gasteiger partial charge on any atom is 0.00933 e. The number of rotatable bonds is 4. The molecular formula is C33H28. The molecule has 2 aliphatic carbocycles. The van der Waals surface area contributed by atoms with Crippen LogP contribution in [0.25, 0.3) is 27.5 Å². The summed E-state index contributed by atoms with van der Waals surface area (Å²) in [7, 11) is 0. The van der Waals surface area contributed by atoms with Crippen molar-refractivity contribution in [2.24, 2.45) is 5.92 Å². The van der Waals surface area contributed by atoms with Crippen LogP contribution in [0.3, 0.4) is 0 Å². The maximum atomic E-state index is 2.54. The van der Waals surface area contributed by atoms with Gasteiger partial charge in [0.15, 0.2) is 0 Å². The molecule has 0 saturated heterocycles. The Morgan fingerprint density at radius 1 is 0.758 bits per heavy atom. The van der Waals surface area contributed by atoms with Gasteiger partial charge < -0.3 is 0 Å². The van der Waals surface area contributed by atoms with Crippen LogP contribution in [0.4, 0.5) is 0 Å². The molecular weight excluding hydrogens is 396 g/mol. The summed E-state index contributed by atoms with van der Waals surface area (Å²) >= 11 is 0. The molecule has 0 N–H and O–H groups in total. The van der Waals surface area contributed by atoms with E-state index in [1.807, 2.05) is 0 Å². The lowest BCUT2D eigenvalue weighted by molar-refractivity contribution is 0.588. The van der Waals surface area contributed by atoms with Gasteiger partial charge in [-0.15, -0.1) is 0 Å². The molecule has 0 heterocycles. The van der Waals surface area contributed by atoms with Crippen molar-refractivity contribution in [1.29, 1.82) is 0 Å². The second-order valence-electron chi connectivity index (χ2n) is 9.43. The van der Waals surface area contributed by atoms with Crippen molar-refractivity contribution in [3.8, 4) is 11.1 Å². The van der Waals surface area contributed by atoms with Crippen molar-refractivity contribution >= 4 is 16.3 Å². The van der Waals surface area contributed by atoms with Crippen LogP contribution in [0.1, 0.15) is 35.4 Å². The highest BCUT2D eigenvalue weighted by molar-refractivity contribution is 5.98. The van der Waals surface area contributed by atoms with E-state index in [1.165, 1.54) is 44.2 Å². The molecule has 0 spiro atoms. The van der Waals surface area contributed by atoms with Gasteiger partial charge in [-0.25, -0.2) is 0 Å². The van der Waals surface area contributed by atoms with Gasteiger partial charge in [-0.1, -0.05) is 120 Å². The first-order valence-corrected chi connectivity index (χ1v) is 12.0. The van der Waals surface area contributed by atoms with Crippen LogP contribution < -0.4 is 0 Å². The normalized spacial score (nSPS) is 19.7.